The molecule has 1 aliphatic heterocycles. The Labute approximate surface area is 136 Å². The molecule has 0 saturated carbocycles. The predicted molar refractivity (Wildman–Crippen MR) is 81.4 cm³/mol. The van der Waals surface area contributed by atoms with E-state index in [9.17, 15) is 8.42 Å². The fraction of sp³-hybridized carbons (Fsp3) is 0.455. The van der Waals surface area contributed by atoms with Gasteiger partial charge in [-0.15, -0.1) is 11.3 Å². The number of hydrogen-bond donors (Lipinski definition) is 0. The van der Waals surface area contributed by atoms with E-state index in [1.165, 1.54) is 16.7 Å². The SMILES string of the molecule is O=S(=O)(c1cc(Cl)sc1Cl)N1CCCC(n2cncn2)C1. The first kappa shape index (κ1) is 15.2. The highest BCUT2D eigenvalue weighted by atomic mass is 35.5. The standard InChI is InChI=1S/C11H12Cl2N4O2S2/c12-10-4-9(11(13)20-10)21(18,19)16-3-1-2-8(5-16)17-7-14-6-15-17/h4,6-8H,1-3,5H2. The van der Waals surface area contributed by atoms with E-state index in [1.54, 1.807) is 11.0 Å². The van der Waals surface area contributed by atoms with E-state index in [1.807, 2.05) is 0 Å². The van der Waals surface area contributed by atoms with Gasteiger partial charge in [0.05, 0.1) is 10.4 Å². The zero-order valence-corrected chi connectivity index (χ0v) is 14.0. The molecule has 114 valence electrons. The van der Waals surface area contributed by atoms with Crippen molar-refractivity contribution in [2.45, 2.75) is 23.8 Å². The molecule has 3 heterocycles. The molecule has 0 radical (unpaired) electrons. The molecule has 0 N–H and O–H groups in total. The molecule has 1 saturated heterocycles. The summed E-state index contributed by atoms with van der Waals surface area (Å²) in [6.45, 7) is 0.826. The van der Waals surface area contributed by atoms with E-state index in [-0.39, 0.29) is 15.3 Å². The van der Waals surface area contributed by atoms with Gasteiger partial charge in [0.1, 0.15) is 21.9 Å². The van der Waals surface area contributed by atoms with Gasteiger partial charge in [-0.25, -0.2) is 18.1 Å². The van der Waals surface area contributed by atoms with E-state index in [0.29, 0.717) is 17.4 Å². The molecule has 2 aromatic rings. The van der Waals surface area contributed by atoms with Crippen LogP contribution in [-0.4, -0.2) is 40.6 Å². The van der Waals surface area contributed by atoms with Gasteiger partial charge in [0, 0.05) is 13.1 Å². The van der Waals surface area contributed by atoms with Crippen LogP contribution >= 0.6 is 34.5 Å². The number of halogens is 2. The minimum Gasteiger partial charge on any atom is -0.249 e. The number of rotatable bonds is 3. The highest BCUT2D eigenvalue weighted by molar-refractivity contribution is 7.89. The van der Waals surface area contributed by atoms with Crippen LogP contribution in [0.1, 0.15) is 18.9 Å². The Balaban J connectivity index is 1.87. The van der Waals surface area contributed by atoms with Crippen molar-refractivity contribution < 1.29 is 8.42 Å². The molecular formula is C11H12Cl2N4O2S2. The van der Waals surface area contributed by atoms with Gasteiger partial charge >= 0.3 is 0 Å². The maximum absolute atomic E-state index is 12.7. The van der Waals surface area contributed by atoms with Gasteiger partial charge in [-0.2, -0.15) is 9.40 Å². The first-order chi connectivity index (χ1) is 9.98. The van der Waals surface area contributed by atoms with Gasteiger partial charge in [0.25, 0.3) is 0 Å². The lowest BCUT2D eigenvalue weighted by atomic mass is 10.1. The lowest BCUT2D eigenvalue weighted by Crippen LogP contribution is -2.40. The highest BCUT2D eigenvalue weighted by Gasteiger charge is 2.33. The van der Waals surface area contributed by atoms with Crippen molar-refractivity contribution >= 4 is 44.6 Å². The summed E-state index contributed by atoms with van der Waals surface area (Å²) in [5, 5.41) is 4.09. The van der Waals surface area contributed by atoms with E-state index in [4.69, 9.17) is 23.2 Å². The Hall–Kier alpha value is -0.670. The third-order valence-electron chi connectivity index (χ3n) is 3.41. The number of nitrogens with zero attached hydrogens (tertiary/aromatic N) is 4. The second-order valence-electron chi connectivity index (χ2n) is 4.72. The normalized spacial score (nSPS) is 20.8. The maximum atomic E-state index is 12.7. The van der Waals surface area contributed by atoms with E-state index >= 15 is 0 Å². The van der Waals surface area contributed by atoms with E-state index in [0.717, 1.165) is 24.2 Å². The average Bonchev–Trinajstić information content (AvgIpc) is 3.09. The summed E-state index contributed by atoms with van der Waals surface area (Å²) >= 11 is 12.9. The fourth-order valence-electron chi connectivity index (χ4n) is 2.40. The molecule has 0 aliphatic carbocycles. The second kappa shape index (κ2) is 5.85. The zero-order chi connectivity index (χ0) is 15.0. The molecule has 0 spiro atoms. The van der Waals surface area contributed by atoms with Gasteiger partial charge in [0.2, 0.25) is 10.0 Å². The summed E-state index contributed by atoms with van der Waals surface area (Å²) in [7, 11) is -3.63. The van der Waals surface area contributed by atoms with Crippen LogP contribution in [0, 0.1) is 0 Å². The van der Waals surface area contributed by atoms with Crippen molar-refractivity contribution in [3.05, 3.63) is 27.4 Å². The quantitative estimate of drug-likeness (QED) is 0.837. The molecule has 2 aromatic heterocycles. The summed E-state index contributed by atoms with van der Waals surface area (Å²) in [5.74, 6) is 0. The van der Waals surface area contributed by atoms with Crippen LogP contribution in [0.4, 0.5) is 0 Å². The first-order valence-electron chi connectivity index (χ1n) is 6.27. The van der Waals surface area contributed by atoms with E-state index < -0.39 is 10.0 Å². The lowest BCUT2D eigenvalue weighted by Gasteiger charge is -2.31. The third-order valence-corrected chi connectivity index (χ3v) is 7.03. The molecule has 3 rings (SSSR count). The smallest absolute Gasteiger partial charge is 0.245 e. The van der Waals surface area contributed by atoms with Crippen LogP contribution < -0.4 is 0 Å². The molecule has 0 amide bonds. The summed E-state index contributed by atoms with van der Waals surface area (Å²) in [4.78, 5) is 3.99. The summed E-state index contributed by atoms with van der Waals surface area (Å²) in [5.41, 5.74) is 0. The van der Waals surface area contributed by atoms with Crippen molar-refractivity contribution in [1.29, 1.82) is 0 Å². The molecule has 1 atom stereocenters. The number of thiophene rings is 1. The molecule has 1 unspecified atom stereocenters. The summed E-state index contributed by atoms with van der Waals surface area (Å²) in [6, 6.07) is 1.40. The van der Waals surface area contributed by atoms with Crippen molar-refractivity contribution in [2.75, 3.05) is 13.1 Å². The molecule has 0 bridgehead atoms. The van der Waals surface area contributed by atoms with Crippen LogP contribution in [-0.2, 0) is 10.0 Å². The van der Waals surface area contributed by atoms with Gasteiger partial charge in [-0.05, 0) is 18.9 Å². The molecule has 0 aromatic carbocycles. The summed E-state index contributed by atoms with van der Waals surface area (Å²) in [6.07, 6.45) is 4.69. The fourth-order valence-corrected chi connectivity index (χ4v) is 6.03. The molecule has 6 nitrogen and oxygen atoms in total. The largest absolute Gasteiger partial charge is 0.249 e. The monoisotopic (exact) mass is 366 g/mol. The molecule has 21 heavy (non-hydrogen) atoms. The Morgan fingerprint density at radius 2 is 2.19 bits per heavy atom. The second-order valence-corrected chi connectivity index (χ2v) is 8.91. The minimum absolute atomic E-state index is 0.0103. The predicted octanol–water partition coefficient (Wildman–Crippen LogP) is 2.67. The number of hydrogen-bond acceptors (Lipinski definition) is 5. The van der Waals surface area contributed by atoms with Crippen LogP contribution in [0.25, 0.3) is 0 Å². The molecule has 10 heteroatoms. The average molecular weight is 367 g/mol. The lowest BCUT2D eigenvalue weighted by molar-refractivity contribution is 0.253. The third kappa shape index (κ3) is 2.95. The Kier molecular flexibility index (Phi) is 4.24. The van der Waals surface area contributed by atoms with Crippen molar-refractivity contribution in [1.82, 2.24) is 19.1 Å². The van der Waals surface area contributed by atoms with Crippen LogP contribution in [0.15, 0.2) is 23.6 Å². The van der Waals surface area contributed by atoms with Crippen molar-refractivity contribution in [2.24, 2.45) is 0 Å². The zero-order valence-electron chi connectivity index (χ0n) is 10.8. The number of sulfonamides is 1. The van der Waals surface area contributed by atoms with Crippen molar-refractivity contribution in [3.8, 4) is 0 Å². The molecule has 1 aliphatic rings. The van der Waals surface area contributed by atoms with Crippen LogP contribution in [0.3, 0.4) is 0 Å². The number of aromatic nitrogens is 3. The maximum Gasteiger partial charge on any atom is 0.245 e. The Bertz CT molecular complexity index is 729. The van der Waals surface area contributed by atoms with Crippen LogP contribution in [0.5, 0.6) is 0 Å². The van der Waals surface area contributed by atoms with Gasteiger partial charge in [0.15, 0.2) is 0 Å². The highest BCUT2D eigenvalue weighted by Crippen LogP contribution is 2.37. The Morgan fingerprint density at radius 3 is 2.81 bits per heavy atom. The first-order valence-corrected chi connectivity index (χ1v) is 9.29. The molecule has 1 fully saturated rings. The summed E-state index contributed by atoms with van der Waals surface area (Å²) < 4.78 is 29.1. The Morgan fingerprint density at radius 1 is 1.38 bits per heavy atom. The van der Waals surface area contributed by atoms with Crippen molar-refractivity contribution in [3.63, 3.8) is 0 Å². The van der Waals surface area contributed by atoms with Crippen LogP contribution in [0.2, 0.25) is 8.67 Å². The van der Waals surface area contributed by atoms with Gasteiger partial charge in [-0.1, -0.05) is 23.2 Å². The minimum atomic E-state index is -3.63. The van der Waals surface area contributed by atoms with E-state index in [2.05, 4.69) is 10.1 Å². The van der Waals surface area contributed by atoms with Gasteiger partial charge in [-0.3, -0.25) is 0 Å². The number of piperidine rings is 1. The topological polar surface area (TPSA) is 68.1 Å². The van der Waals surface area contributed by atoms with Gasteiger partial charge < -0.3 is 0 Å². The molecular weight excluding hydrogens is 355 g/mol.